The van der Waals surface area contributed by atoms with Crippen molar-refractivity contribution in [2.75, 3.05) is 0 Å². The highest BCUT2D eigenvalue weighted by molar-refractivity contribution is 6.90. The van der Waals surface area contributed by atoms with Crippen molar-refractivity contribution in [1.82, 2.24) is 0 Å². The zero-order valence-corrected chi connectivity index (χ0v) is 14.3. The van der Waals surface area contributed by atoms with Crippen LogP contribution in [0.4, 0.5) is 4.39 Å². The fourth-order valence-electron chi connectivity index (χ4n) is 3.11. The molecule has 0 N–H and O–H groups in total. The summed E-state index contributed by atoms with van der Waals surface area (Å²) in [5.74, 6) is 0.332. The number of benzene rings is 1. The van der Waals surface area contributed by atoms with E-state index in [2.05, 4.69) is 53.2 Å². The highest BCUT2D eigenvalue weighted by Crippen LogP contribution is 2.40. The molecule has 0 bridgehead atoms. The molecule has 0 unspecified atom stereocenters. The molecule has 0 aliphatic heterocycles. The molecule has 0 aromatic heterocycles. The molecule has 1 rings (SSSR count). The molecule has 0 spiro atoms. The number of rotatable bonds is 4. The summed E-state index contributed by atoms with van der Waals surface area (Å²) in [6.07, 6.45) is 2.90. The first-order valence-corrected chi connectivity index (χ1v) is 9.48. The Morgan fingerprint density at radius 1 is 0.900 bits per heavy atom. The monoisotopic (exact) mass is 292 g/mol. The molecule has 0 saturated heterocycles. The molecule has 0 heterocycles. The van der Waals surface area contributed by atoms with Crippen LogP contribution in [0.1, 0.15) is 41.5 Å². The summed E-state index contributed by atoms with van der Waals surface area (Å²) in [4.78, 5) is 0. The zero-order valence-electron chi connectivity index (χ0n) is 13.3. The summed E-state index contributed by atoms with van der Waals surface area (Å²) in [6, 6.07) is 5.98. The maximum atomic E-state index is 12.8. The molecular weight excluding hydrogens is 267 g/mol. The third-order valence-corrected chi connectivity index (χ3v) is 10.4. The van der Waals surface area contributed by atoms with Crippen LogP contribution in [0.5, 0.6) is 5.75 Å². The maximum Gasteiger partial charge on any atom is 0.150 e. The second-order valence-corrected chi connectivity index (χ2v) is 11.8. The van der Waals surface area contributed by atoms with Gasteiger partial charge in [-0.3, -0.25) is 0 Å². The van der Waals surface area contributed by atoms with E-state index in [1.165, 1.54) is 12.1 Å². The first kappa shape index (κ1) is 16.8. The summed E-state index contributed by atoms with van der Waals surface area (Å²) in [5, 5.41) is 0. The van der Waals surface area contributed by atoms with Crippen molar-refractivity contribution in [2.45, 2.75) is 58.2 Å². The maximum absolute atomic E-state index is 12.8. The van der Waals surface area contributed by atoms with E-state index in [0.717, 1.165) is 0 Å². The summed E-state index contributed by atoms with van der Waals surface area (Å²) in [5.41, 5.74) is 5.19. The fraction of sp³-hybridized carbons (Fsp3) is 0.529. The van der Waals surface area contributed by atoms with Gasteiger partial charge in [0.05, 0.1) is 0 Å². The van der Waals surface area contributed by atoms with Crippen molar-refractivity contribution < 1.29 is 9.13 Å². The van der Waals surface area contributed by atoms with E-state index in [-0.39, 0.29) is 5.82 Å². The van der Waals surface area contributed by atoms with Crippen LogP contribution in [0.15, 0.2) is 24.3 Å². The Labute approximate surface area is 123 Å². The minimum atomic E-state index is -1.75. The third kappa shape index (κ3) is 3.64. The smallest absolute Gasteiger partial charge is 0.150 e. The summed E-state index contributed by atoms with van der Waals surface area (Å²) in [7, 11) is -1.75. The lowest BCUT2D eigenvalue weighted by molar-refractivity contribution is 0.516. The van der Waals surface area contributed by atoms with Gasteiger partial charge in [-0.1, -0.05) is 47.1 Å². The van der Waals surface area contributed by atoms with Gasteiger partial charge in [-0.25, -0.2) is 4.39 Å². The van der Waals surface area contributed by atoms with E-state index in [0.29, 0.717) is 22.4 Å². The molecule has 0 aliphatic rings. The molecule has 1 nitrogen and oxygen atoms in total. The van der Waals surface area contributed by atoms with Crippen molar-refractivity contribution in [3.8, 4) is 17.4 Å². The summed E-state index contributed by atoms with van der Waals surface area (Å²) >= 11 is 0. The van der Waals surface area contributed by atoms with Gasteiger partial charge in [-0.05, 0) is 40.9 Å². The molecule has 3 heteroatoms. The largest absolute Gasteiger partial charge is 0.408 e. The Morgan fingerprint density at radius 2 is 1.35 bits per heavy atom. The van der Waals surface area contributed by atoms with Crippen LogP contribution >= 0.6 is 0 Å². The van der Waals surface area contributed by atoms with Crippen LogP contribution in [0.25, 0.3) is 0 Å². The number of ether oxygens (including phenoxy) is 1. The van der Waals surface area contributed by atoms with Gasteiger partial charge in [0.25, 0.3) is 0 Å². The van der Waals surface area contributed by atoms with Gasteiger partial charge in [0, 0.05) is 0 Å². The number of hydrogen-bond acceptors (Lipinski definition) is 1. The van der Waals surface area contributed by atoms with Crippen LogP contribution in [0, 0.1) is 17.5 Å². The summed E-state index contributed by atoms with van der Waals surface area (Å²) in [6.45, 7) is 13.6. The lowest BCUT2D eigenvalue weighted by atomic mass is 10.3. The van der Waals surface area contributed by atoms with E-state index >= 15 is 0 Å². The van der Waals surface area contributed by atoms with E-state index in [4.69, 9.17) is 4.74 Å². The van der Waals surface area contributed by atoms with Crippen LogP contribution in [-0.2, 0) is 0 Å². The minimum absolute atomic E-state index is 0.263. The average molecular weight is 292 g/mol. The topological polar surface area (TPSA) is 9.23 Å². The Bertz CT molecular complexity index is 458. The second kappa shape index (κ2) is 6.94. The predicted molar refractivity (Wildman–Crippen MR) is 85.9 cm³/mol. The highest BCUT2D eigenvalue weighted by Gasteiger charge is 2.42. The second-order valence-electron chi connectivity index (χ2n) is 6.18. The Kier molecular flexibility index (Phi) is 5.83. The first-order chi connectivity index (χ1) is 9.30. The Hall–Kier alpha value is -1.27. The molecule has 110 valence electrons. The molecule has 0 radical (unpaired) electrons. The molecule has 1 aromatic rings. The van der Waals surface area contributed by atoms with Gasteiger partial charge >= 0.3 is 0 Å². The molecule has 1 aromatic carbocycles. The van der Waals surface area contributed by atoms with E-state index in [9.17, 15) is 4.39 Å². The van der Waals surface area contributed by atoms with Crippen molar-refractivity contribution in [1.29, 1.82) is 0 Å². The van der Waals surface area contributed by atoms with Gasteiger partial charge in [-0.15, -0.1) is 0 Å². The molecule has 20 heavy (non-hydrogen) atoms. The molecule has 0 aliphatic carbocycles. The van der Waals surface area contributed by atoms with Gasteiger partial charge in [0.2, 0.25) is 0 Å². The third-order valence-electron chi connectivity index (χ3n) is 4.12. The molecule has 0 saturated carbocycles. The van der Waals surface area contributed by atoms with E-state index in [1.807, 2.05) is 0 Å². The van der Waals surface area contributed by atoms with Crippen molar-refractivity contribution in [3.05, 3.63) is 30.1 Å². The van der Waals surface area contributed by atoms with Gasteiger partial charge < -0.3 is 4.74 Å². The van der Waals surface area contributed by atoms with Crippen LogP contribution in [-0.4, -0.2) is 8.07 Å². The van der Waals surface area contributed by atoms with Crippen LogP contribution < -0.4 is 4.74 Å². The first-order valence-electron chi connectivity index (χ1n) is 7.25. The van der Waals surface area contributed by atoms with Crippen molar-refractivity contribution in [3.63, 3.8) is 0 Å². The standard InChI is InChI=1S/C17H25FOSi/c1-13(2)20(14(3)4,15(5)6)12-11-19-17-9-7-16(18)8-10-17/h7-10,13-15H,1-6H3. The number of halogens is 1. The Balaban J connectivity index is 2.97. The zero-order chi connectivity index (χ0) is 15.3. The lowest BCUT2D eigenvalue weighted by Gasteiger charge is -2.37. The van der Waals surface area contributed by atoms with Crippen LogP contribution in [0.2, 0.25) is 16.6 Å². The van der Waals surface area contributed by atoms with Gasteiger partial charge in [-0.2, -0.15) is 0 Å². The Morgan fingerprint density at radius 3 is 1.75 bits per heavy atom. The van der Waals surface area contributed by atoms with Crippen molar-refractivity contribution >= 4 is 8.07 Å². The highest BCUT2D eigenvalue weighted by atomic mass is 28.3. The quantitative estimate of drug-likeness (QED) is 0.534. The van der Waals surface area contributed by atoms with Crippen molar-refractivity contribution in [2.24, 2.45) is 0 Å². The van der Waals surface area contributed by atoms with Gasteiger partial charge in [0.1, 0.15) is 17.7 Å². The normalized spacial score (nSPS) is 11.7. The molecule has 0 amide bonds. The fourth-order valence-corrected chi connectivity index (χ4v) is 8.20. The van der Waals surface area contributed by atoms with E-state index in [1.54, 1.807) is 12.1 Å². The predicted octanol–water partition coefficient (Wildman–Crippen LogP) is 5.38. The number of hydrogen-bond donors (Lipinski definition) is 0. The molecule has 0 atom stereocenters. The van der Waals surface area contributed by atoms with E-state index < -0.39 is 8.07 Å². The molecule has 0 fully saturated rings. The van der Waals surface area contributed by atoms with Crippen LogP contribution in [0.3, 0.4) is 0 Å². The molecular formula is C17H25FOSi. The van der Waals surface area contributed by atoms with Gasteiger partial charge in [0.15, 0.2) is 8.07 Å². The SMILES string of the molecule is CC(C)[Si](C#COc1ccc(F)cc1)(C(C)C)C(C)C. The average Bonchev–Trinajstić information content (AvgIpc) is 2.35. The summed E-state index contributed by atoms with van der Waals surface area (Å²) < 4.78 is 18.3. The minimum Gasteiger partial charge on any atom is -0.408 e. The lowest BCUT2D eigenvalue weighted by Crippen LogP contribution is -2.43.